The molecule has 0 fully saturated rings. The molecule has 0 bridgehead atoms. The maximum absolute atomic E-state index is 12.9. The summed E-state index contributed by atoms with van der Waals surface area (Å²) in [5.41, 5.74) is 2.42. The van der Waals surface area contributed by atoms with Crippen LogP contribution in [-0.4, -0.2) is 29.1 Å². The molecule has 0 atom stereocenters. The first kappa shape index (κ1) is 15.4. The molecule has 0 amide bonds. The number of benzene rings is 1. The summed E-state index contributed by atoms with van der Waals surface area (Å²) in [5.74, 6) is 1.04. The van der Waals surface area contributed by atoms with Crippen molar-refractivity contribution in [3.8, 4) is 11.4 Å². The molecule has 7 heteroatoms. The first-order valence-electron chi connectivity index (χ1n) is 8.49. The van der Waals surface area contributed by atoms with E-state index in [4.69, 9.17) is 0 Å². The summed E-state index contributed by atoms with van der Waals surface area (Å²) in [6.45, 7) is 0.452. The second-order valence-corrected chi connectivity index (χ2v) is 6.18. The summed E-state index contributed by atoms with van der Waals surface area (Å²) in [5, 5.41) is 5.05. The normalized spacial score (nSPS) is 11.3. The van der Waals surface area contributed by atoms with Crippen LogP contribution in [0.2, 0.25) is 0 Å². The third-order valence-electron chi connectivity index (χ3n) is 4.41. The van der Waals surface area contributed by atoms with E-state index >= 15 is 0 Å². The van der Waals surface area contributed by atoms with Crippen molar-refractivity contribution in [2.24, 2.45) is 0 Å². The zero-order valence-electron chi connectivity index (χ0n) is 14.2. The van der Waals surface area contributed by atoms with Crippen LogP contribution in [0.4, 0.5) is 0 Å². The van der Waals surface area contributed by atoms with Crippen LogP contribution in [0.15, 0.2) is 78.1 Å². The van der Waals surface area contributed by atoms with Gasteiger partial charge < -0.3 is 4.57 Å². The molecule has 7 nitrogen and oxygen atoms in total. The van der Waals surface area contributed by atoms with Crippen LogP contribution >= 0.6 is 0 Å². The van der Waals surface area contributed by atoms with E-state index in [1.165, 1.54) is 0 Å². The number of fused-ring (bicyclic) bond motifs is 3. The lowest BCUT2D eigenvalue weighted by atomic mass is 10.2. The molecule has 0 aliphatic carbocycles. The molecule has 5 rings (SSSR count). The SMILES string of the molecule is O=c1c2cnc3nc(-c4ccccc4)nn3c2ccn1Cc1cccnc1. The average molecular weight is 354 g/mol. The Bertz CT molecular complexity index is 1310. The average Bonchev–Trinajstić information content (AvgIpc) is 3.16. The highest BCUT2D eigenvalue weighted by atomic mass is 16.1. The molecule has 0 saturated heterocycles. The molecule has 4 aromatic heterocycles. The molecule has 0 saturated carbocycles. The van der Waals surface area contributed by atoms with Crippen molar-refractivity contribution in [2.75, 3.05) is 0 Å². The van der Waals surface area contributed by atoms with E-state index in [0.29, 0.717) is 29.0 Å². The lowest BCUT2D eigenvalue weighted by Crippen LogP contribution is -2.21. The van der Waals surface area contributed by atoms with Crippen LogP contribution in [-0.2, 0) is 6.54 Å². The highest BCUT2D eigenvalue weighted by Gasteiger charge is 2.12. The van der Waals surface area contributed by atoms with Gasteiger partial charge in [0.1, 0.15) is 0 Å². The number of rotatable bonds is 3. The highest BCUT2D eigenvalue weighted by Crippen LogP contribution is 2.17. The lowest BCUT2D eigenvalue weighted by Gasteiger charge is -2.07. The van der Waals surface area contributed by atoms with Gasteiger partial charge in [0.2, 0.25) is 0 Å². The third-order valence-corrected chi connectivity index (χ3v) is 4.41. The fraction of sp³-hybridized carbons (Fsp3) is 0.0500. The summed E-state index contributed by atoms with van der Waals surface area (Å²) in [7, 11) is 0. The van der Waals surface area contributed by atoms with E-state index in [1.807, 2.05) is 48.5 Å². The van der Waals surface area contributed by atoms with E-state index in [0.717, 1.165) is 11.1 Å². The van der Waals surface area contributed by atoms with Gasteiger partial charge in [0, 0.05) is 30.4 Å². The van der Waals surface area contributed by atoms with Gasteiger partial charge in [0.05, 0.1) is 17.4 Å². The topological polar surface area (TPSA) is 78.0 Å². The van der Waals surface area contributed by atoms with Crippen molar-refractivity contribution in [3.63, 3.8) is 0 Å². The van der Waals surface area contributed by atoms with Crippen LogP contribution in [0, 0.1) is 0 Å². The maximum atomic E-state index is 12.9. The number of hydrogen-bond acceptors (Lipinski definition) is 5. The Hall–Kier alpha value is -3.87. The van der Waals surface area contributed by atoms with Gasteiger partial charge in [-0.1, -0.05) is 36.4 Å². The molecule has 0 aliphatic rings. The molecule has 0 radical (unpaired) electrons. The Morgan fingerprint density at radius 3 is 2.67 bits per heavy atom. The fourth-order valence-electron chi connectivity index (χ4n) is 3.08. The smallest absolute Gasteiger partial charge is 0.261 e. The second kappa shape index (κ2) is 6.14. The Labute approximate surface area is 153 Å². The van der Waals surface area contributed by atoms with Gasteiger partial charge in [-0.3, -0.25) is 9.78 Å². The van der Waals surface area contributed by atoms with Gasteiger partial charge in [-0.05, 0) is 17.7 Å². The van der Waals surface area contributed by atoms with Crippen LogP contribution in [0.1, 0.15) is 5.56 Å². The van der Waals surface area contributed by atoms with Gasteiger partial charge in [-0.2, -0.15) is 9.50 Å². The van der Waals surface area contributed by atoms with Gasteiger partial charge in [0.15, 0.2) is 5.82 Å². The summed E-state index contributed by atoms with van der Waals surface area (Å²) in [6, 6.07) is 15.4. The molecule has 1 aromatic carbocycles. The van der Waals surface area contributed by atoms with E-state index in [2.05, 4.69) is 20.1 Å². The quantitative estimate of drug-likeness (QED) is 0.498. The Morgan fingerprint density at radius 2 is 1.85 bits per heavy atom. The first-order chi connectivity index (χ1) is 13.3. The Kier molecular flexibility index (Phi) is 3.50. The molecular formula is C20H14N6O. The van der Waals surface area contributed by atoms with E-state index < -0.39 is 0 Å². The minimum absolute atomic E-state index is 0.123. The van der Waals surface area contributed by atoms with Crippen molar-refractivity contribution in [1.82, 2.24) is 29.1 Å². The molecule has 4 heterocycles. The van der Waals surface area contributed by atoms with E-state index in [9.17, 15) is 4.79 Å². The summed E-state index contributed by atoms with van der Waals surface area (Å²) in [6.07, 6.45) is 6.79. The van der Waals surface area contributed by atoms with Crippen LogP contribution in [0.25, 0.3) is 28.1 Å². The van der Waals surface area contributed by atoms with Crippen molar-refractivity contribution in [2.45, 2.75) is 6.54 Å². The molecule has 0 aliphatic heterocycles. The van der Waals surface area contributed by atoms with E-state index in [1.54, 1.807) is 33.9 Å². The number of nitrogens with zero attached hydrogens (tertiary/aromatic N) is 6. The molecule has 0 N–H and O–H groups in total. The van der Waals surface area contributed by atoms with Crippen molar-refractivity contribution < 1.29 is 0 Å². The van der Waals surface area contributed by atoms with Crippen LogP contribution in [0.5, 0.6) is 0 Å². The summed E-state index contributed by atoms with van der Waals surface area (Å²) in [4.78, 5) is 25.8. The predicted octanol–water partition coefficient (Wildman–Crippen LogP) is 2.55. The molecule has 0 spiro atoms. The lowest BCUT2D eigenvalue weighted by molar-refractivity contribution is 0.762. The molecule has 5 aromatic rings. The number of aromatic nitrogens is 6. The second-order valence-electron chi connectivity index (χ2n) is 6.18. The minimum atomic E-state index is -0.123. The minimum Gasteiger partial charge on any atom is -0.310 e. The van der Waals surface area contributed by atoms with Crippen molar-refractivity contribution in [3.05, 3.63) is 89.2 Å². The van der Waals surface area contributed by atoms with Crippen molar-refractivity contribution in [1.29, 1.82) is 0 Å². The Balaban J connectivity index is 1.65. The van der Waals surface area contributed by atoms with Gasteiger partial charge in [-0.15, -0.1) is 5.10 Å². The highest BCUT2D eigenvalue weighted by molar-refractivity contribution is 5.79. The molecule has 27 heavy (non-hydrogen) atoms. The van der Waals surface area contributed by atoms with Crippen molar-refractivity contribution >= 4 is 16.7 Å². The molecule has 130 valence electrons. The van der Waals surface area contributed by atoms with Gasteiger partial charge in [-0.25, -0.2) is 4.98 Å². The maximum Gasteiger partial charge on any atom is 0.261 e. The van der Waals surface area contributed by atoms with Gasteiger partial charge in [0.25, 0.3) is 11.3 Å². The predicted molar refractivity (Wildman–Crippen MR) is 101 cm³/mol. The summed E-state index contributed by atoms with van der Waals surface area (Å²) < 4.78 is 3.26. The van der Waals surface area contributed by atoms with Crippen LogP contribution in [0.3, 0.4) is 0 Å². The molecular weight excluding hydrogens is 340 g/mol. The standard InChI is InChI=1S/C20H14N6O/c27-19-16-12-22-20-23-18(15-6-2-1-3-7-15)24-26(20)17(16)8-10-25(19)13-14-5-4-9-21-11-14/h1-12H,13H2. The number of pyridine rings is 2. The zero-order valence-corrected chi connectivity index (χ0v) is 14.2. The molecule has 0 unspecified atom stereocenters. The zero-order chi connectivity index (χ0) is 18.2. The fourth-order valence-corrected chi connectivity index (χ4v) is 3.08. The Morgan fingerprint density at radius 1 is 0.963 bits per heavy atom. The third kappa shape index (κ3) is 2.65. The van der Waals surface area contributed by atoms with Gasteiger partial charge >= 0.3 is 0 Å². The largest absolute Gasteiger partial charge is 0.310 e. The van der Waals surface area contributed by atoms with E-state index in [-0.39, 0.29) is 5.56 Å². The first-order valence-corrected chi connectivity index (χ1v) is 8.49. The van der Waals surface area contributed by atoms with Crippen LogP contribution < -0.4 is 5.56 Å². The number of hydrogen-bond donors (Lipinski definition) is 0. The monoisotopic (exact) mass is 354 g/mol. The summed E-state index contributed by atoms with van der Waals surface area (Å²) >= 11 is 0.